The molecule has 0 aliphatic carbocycles. The largest absolute Gasteiger partial charge is 0.492 e. The molecular formula is C27H38N2O5S. The van der Waals surface area contributed by atoms with Gasteiger partial charge in [0.2, 0.25) is 0 Å². The van der Waals surface area contributed by atoms with Crippen molar-refractivity contribution in [2.45, 2.75) is 46.1 Å². The molecule has 0 bridgehead atoms. The van der Waals surface area contributed by atoms with Crippen molar-refractivity contribution in [2.75, 3.05) is 43.1 Å². The van der Waals surface area contributed by atoms with Gasteiger partial charge in [-0.05, 0) is 68.0 Å². The first-order valence-electron chi connectivity index (χ1n) is 12.2. The summed E-state index contributed by atoms with van der Waals surface area (Å²) < 4.78 is 11.2. The van der Waals surface area contributed by atoms with Crippen molar-refractivity contribution in [3.63, 3.8) is 0 Å². The van der Waals surface area contributed by atoms with Gasteiger partial charge in [-0.1, -0.05) is 36.8 Å². The van der Waals surface area contributed by atoms with Crippen LogP contribution in [0.4, 0.5) is 10.5 Å². The van der Waals surface area contributed by atoms with Gasteiger partial charge in [0.05, 0.1) is 6.54 Å². The number of hydrogen-bond acceptors (Lipinski definition) is 5. The molecule has 0 heterocycles. The van der Waals surface area contributed by atoms with Crippen LogP contribution in [0.2, 0.25) is 0 Å². The van der Waals surface area contributed by atoms with E-state index in [0.717, 1.165) is 41.2 Å². The molecule has 0 aromatic heterocycles. The first-order chi connectivity index (χ1) is 16.9. The molecule has 7 nitrogen and oxygen atoms in total. The fraction of sp³-hybridized carbons (Fsp3) is 0.481. The summed E-state index contributed by atoms with van der Waals surface area (Å²) in [5.41, 5.74) is 2.78. The van der Waals surface area contributed by atoms with Gasteiger partial charge in [-0.3, -0.25) is 0 Å². The van der Waals surface area contributed by atoms with E-state index in [9.17, 15) is 14.7 Å². The van der Waals surface area contributed by atoms with Gasteiger partial charge in [-0.15, -0.1) is 0 Å². The number of anilines is 1. The predicted molar refractivity (Wildman–Crippen MR) is 143 cm³/mol. The van der Waals surface area contributed by atoms with Crippen molar-refractivity contribution in [3.05, 3.63) is 59.7 Å². The first-order valence-corrected chi connectivity index (χ1v) is 13.3. The van der Waals surface area contributed by atoms with Gasteiger partial charge < -0.3 is 24.8 Å². The topological polar surface area (TPSA) is 88.1 Å². The summed E-state index contributed by atoms with van der Waals surface area (Å²) in [4.78, 5) is 26.0. The maximum absolute atomic E-state index is 12.9. The lowest BCUT2D eigenvalue weighted by Crippen LogP contribution is -2.38. The predicted octanol–water partition coefficient (Wildman–Crippen LogP) is 5.47. The normalized spacial score (nSPS) is 11.6. The molecule has 192 valence electrons. The highest BCUT2D eigenvalue weighted by Gasteiger charge is 2.18. The van der Waals surface area contributed by atoms with Gasteiger partial charge in [0, 0.05) is 25.3 Å². The molecule has 0 spiro atoms. The maximum Gasteiger partial charge on any atom is 0.333 e. The number of aliphatic carboxylic acids is 1. The molecule has 1 atom stereocenters. The van der Waals surface area contributed by atoms with Gasteiger partial charge in [-0.2, -0.15) is 11.8 Å². The molecule has 0 saturated heterocycles. The first kappa shape index (κ1) is 28.5. The Balaban J connectivity index is 1.89. The van der Waals surface area contributed by atoms with Gasteiger partial charge >= 0.3 is 12.0 Å². The van der Waals surface area contributed by atoms with Crippen LogP contribution < -0.4 is 10.1 Å². The number of nitrogens with zero attached hydrogens (tertiary/aromatic N) is 1. The Labute approximate surface area is 213 Å². The van der Waals surface area contributed by atoms with Gasteiger partial charge in [0.25, 0.3) is 0 Å². The monoisotopic (exact) mass is 502 g/mol. The van der Waals surface area contributed by atoms with Crippen molar-refractivity contribution in [1.82, 2.24) is 4.90 Å². The van der Waals surface area contributed by atoms with Crippen LogP contribution in [0.3, 0.4) is 0 Å². The molecule has 0 fully saturated rings. The highest BCUT2D eigenvalue weighted by molar-refractivity contribution is 7.99. The zero-order valence-electron chi connectivity index (χ0n) is 21.0. The second-order valence-corrected chi connectivity index (χ2v) is 9.45. The second kappa shape index (κ2) is 16.1. The Morgan fingerprint density at radius 1 is 1.03 bits per heavy atom. The lowest BCUT2D eigenvalue weighted by molar-refractivity contribution is -0.149. The average Bonchev–Trinajstić information content (AvgIpc) is 2.84. The molecule has 2 aromatic rings. The number of aryl methyl sites for hydroxylation is 1. The lowest BCUT2D eigenvalue weighted by Gasteiger charge is -2.23. The number of carboxylic acid groups (broad SMARTS) is 1. The number of hydrogen-bond donors (Lipinski definition) is 2. The third-order valence-electron chi connectivity index (χ3n) is 5.27. The summed E-state index contributed by atoms with van der Waals surface area (Å²) in [5, 5.41) is 12.2. The second-order valence-electron chi connectivity index (χ2n) is 8.23. The minimum absolute atomic E-state index is 0.135. The van der Waals surface area contributed by atoms with Crippen molar-refractivity contribution in [2.24, 2.45) is 0 Å². The zero-order valence-corrected chi connectivity index (χ0v) is 21.8. The number of nitrogens with one attached hydrogen (secondary N) is 1. The minimum Gasteiger partial charge on any atom is -0.492 e. The molecule has 2 N–H and O–H groups in total. The number of carbonyl (C=O) groups excluding carboxylic acids is 1. The summed E-state index contributed by atoms with van der Waals surface area (Å²) in [5.74, 6) is 1.86. The van der Waals surface area contributed by atoms with Crippen molar-refractivity contribution in [1.29, 1.82) is 0 Å². The van der Waals surface area contributed by atoms with Crippen molar-refractivity contribution >= 4 is 29.4 Å². The molecule has 1 unspecified atom stereocenters. The Morgan fingerprint density at radius 2 is 1.74 bits per heavy atom. The Hall–Kier alpha value is -2.71. The fourth-order valence-electron chi connectivity index (χ4n) is 3.39. The third-order valence-corrected chi connectivity index (χ3v) is 6.55. The number of benzene rings is 2. The van der Waals surface area contributed by atoms with E-state index in [-0.39, 0.29) is 6.03 Å². The molecule has 2 rings (SSSR count). The molecule has 2 amide bonds. The maximum atomic E-state index is 12.9. The molecule has 0 aliphatic rings. The zero-order chi connectivity index (χ0) is 25.5. The van der Waals surface area contributed by atoms with E-state index in [4.69, 9.17) is 9.47 Å². The summed E-state index contributed by atoms with van der Waals surface area (Å²) in [6.45, 7) is 7.79. The number of carboxylic acids is 1. The van der Waals surface area contributed by atoms with Crippen LogP contribution in [-0.4, -0.2) is 65.9 Å². The Kier molecular flexibility index (Phi) is 13.1. The van der Waals surface area contributed by atoms with E-state index in [0.29, 0.717) is 38.5 Å². The quantitative estimate of drug-likeness (QED) is 0.296. The number of urea groups is 1. The number of thioether (sulfide) groups is 1. The SMILES string of the molecule is CCCSCCCN(CCOc1ccc(CC(OCC)C(=O)O)cc1)C(=O)Nc1ccc(C)cc1. The summed E-state index contributed by atoms with van der Waals surface area (Å²) in [7, 11) is 0. The van der Waals surface area contributed by atoms with Crippen molar-refractivity contribution < 1.29 is 24.2 Å². The lowest BCUT2D eigenvalue weighted by atomic mass is 10.1. The molecule has 8 heteroatoms. The number of carbonyl (C=O) groups is 2. The van der Waals surface area contributed by atoms with Crippen molar-refractivity contribution in [3.8, 4) is 5.75 Å². The number of amides is 2. The molecule has 35 heavy (non-hydrogen) atoms. The van der Waals surface area contributed by atoms with Gasteiger partial charge in [-0.25, -0.2) is 9.59 Å². The molecule has 0 radical (unpaired) electrons. The smallest absolute Gasteiger partial charge is 0.333 e. The summed E-state index contributed by atoms with van der Waals surface area (Å²) in [6, 6.07) is 14.9. The van der Waals surface area contributed by atoms with Crippen LogP contribution in [0.1, 0.15) is 37.8 Å². The highest BCUT2D eigenvalue weighted by Crippen LogP contribution is 2.15. The Bertz CT molecular complexity index is 889. The van der Waals surface area contributed by atoms with E-state index in [1.807, 2.05) is 67.2 Å². The van der Waals surface area contributed by atoms with Gasteiger partial charge in [0.1, 0.15) is 12.4 Å². The standard InChI is InChI=1S/C27H38N2O5S/c1-4-18-35-19-6-15-29(27(32)28-23-11-7-21(3)8-12-23)16-17-34-24-13-9-22(10-14-24)20-25(26(30)31)33-5-2/h7-14,25H,4-6,15-20H2,1-3H3,(H,28,32)(H,30,31). The van der Waals surface area contributed by atoms with Crippen LogP contribution in [0.15, 0.2) is 48.5 Å². The molecular weight excluding hydrogens is 464 g/mol. The summed E-state index contributed by atoms with van der Waals surface area (Å²) in [6.07, 6.45) is 1.51. The van der Waals surface area contributed by atoms with Crippen LogP contribution >= 0.6 is 11.8 Å². The third kappa shape index (κ3) is 11.0. The Morgan fingerprint density at radius 3 is 2.37 bits per heavy atom. The molecule has 2 aromatic carbocycles. The summed E-state index contributed by atoms with van der Waals surface area (Å²) >= 11 is 1.91. The number of ether oxygens (including phenoxy) is 2. The van der Waals surface area contributed by atoms with Crippen LogP contribution in [0, 0.1) is 6.92 Å². The number of rotatable bonds is 16. The minimum atomic E-state index is -0.968. The average molecular weight is 503 g/mol. The molecule has 0 aliphatic heterocycles. The van der Waals surface area contributed by atoms with E-state index in [1.165, 1.54) is 0 Å². The molecule has 0 saturated carbocycles. The fourth-order valence-corrected chi connectivity index (χ4v) is 4.21. The van der Waals surface area contributed by atoms with E-state index < -0.39 is 12.1 Å². The van der Waals surface area contributed by atoms with Crippen LogP contribution in [0.5, 0.6) is 5.75 Å². The van der Waals surface area contributed by atoms with Gasteiger partial charge in [0.15, 0.2) is 6.10 Å². The van der Waals surface area contributed by atoms with E-state index in [1.54, 1.807) is 11.8 Å². The van der Waals surface area contributed by atoms with E-state index in [2.05, 4.69) is 12.2 Å². The van der Waals surface area contributed by atoms with E-state index >= 15 is 0 Å². The van der Waals surface area contributed by atoms with Crippen LogP contribution in [0.25, 0.3) is 0 Å². The highest BCUT2D eigenvalue weighted by atomic mass is 32.2. The van der Waals surface area contributed by atoms with Crippen LogP contribution in [-0.2, 0) is 16.0 Å².